The third-order valence-corrected chi connectivity index (χ3v) is 8.23. The Bertz CT molecular complexity index is 1680. The van der Waals surface area contributed by atoms with E-state index in [0.29, 0.717) is 58.4 Å². The van der Waals surface area contributed by atoms with E-state index in [9.17, 15) is 13.2 Å². The van der Waals surface area contributed by atoms with Crippen LogP contribution in [0.5, 0.6) is 28.7 Å². The van der Waals surface area contributed by atoms with Gasteiger partial charge in [0.25, 0.3) is 5.56 Å². The maximum atomic E-state index is 13.8. The lowest BCUT2D eigenvalue weighted by atomic mass is 10.1. The maximum Gasteiger partial charge on any atom is 0.252 e. The maximum absolute atomic E-state index is 13.8. The molecule has 3 aromatic carbocycles. The van der Waals surface area contributed by atoms with E-state index in [0.717, 1.165) is 0 Å². The molecule has 0 fully saturated rings. The molecule has 6 rings (SSSR count). The number of nitrogens with zero attached hydrogens (tertiary/aromatic N) is 1. The quantitative estimate of drug-likeness (QED) is 0.382. The number of benzene rings is 3. The van der Waals surface area contributed by atoms with Gasteiger partial charge in [0.15, 0.2) is 23.0 Å². The van der Waals surface area contributed by atoms with E-state index in [4.69, 9.17) is 23.7 Å². The Morgan fingerprint density at radius 2 is 1.55 bits per heavy atom. The summed E-state index contributed by atoms with van der Waals surface area (Å²) >= 11 is 0. The molecule has 0 saturated heterocycles. The van der Waals surface area contributed by atoms with E-state index in [-0.39, 0.29) is 30.3 Å². The van der Waals surface area contributed by atoms with E-state index in [1.54, 1.807) is 48.5 Å². The van der Waals surface area contributed by atoms with Crippen molar-refractivity contribution >= 4 is 20.9 Å². The van der Waals surface area contributed by atoms with E-state index < -0.39 is 15.6 Å². The number of aromatic amines is 1. The number of fused-ring (bicyclic) bond motifs is 3. The van der Waals surface area contributed by atoms with Crippen molar-refractivity contribution in [2.45, 2.75) is 18.0 Å². The van der Waals surface area contributed by atoms with Gasteiger partial charge in [-0.2, -0.15) is 4.31 Å². The summed E-state index contributed by atoms with van der Waals surface area (Å²) < 4.78 is 56.2. The Hall–Kier alpha value is -4.22. The predicted octanol–water partition coefficient (Wildman–Crippen LogP) is 3.43. The lowest BCUT2D eigenvalue weighted by molar-refractivity contribution is 0.172. The average molecular weight is 537 g/mol. The second-order valence-corrected chi connectivity index (χ2v) is 10.8. The van der Waals surface area contributed by atoms with Crippen molar-refractivity contribution < 1.29 is 32.1 Å². The van der Waals surface area contributed by atoms with E-state index in [2.05, 4.69) is 4.98 Å². The van der Waals surface area contributed by atoms with E-state index in [1.165, 1.54) is 23.5 Å². The zero-order valence-corrected chi connectivity index (χ0v) is 21.2. The van der Waals surface area contributed by atoms with Crippen molar-refractivity contribution in [1.29, 1.82) is 0 Å². The number of pyridine rings is 1. The van der Waals surface area contributed by atoms with Gasteiger partial charge in [-0.1, -0.05) is 6.07 Å². The minimum absolute atomic E-state index is 0.00359. The van der Waals surface area contributed by atoms with Crippen molar-refractivity contribution in [2.75, 3.05) is 27.1 Å². The van der Waals surface area contributed by atoms with Gasteiger partial charge in [0, 0.05) is 30.1 Å². The molecular formula is C27H24N2O8S. The van der Waals surface area contributed by atoms with Crippen molar-refractivity contribution in [3.05, 3.63) is 82.1 Å². The van der Waals surface area contributed by atoms with Gasteiger partial charge in [-0.25, -0.2) is 8.42 Å². The van der Waals surface area contributed by atoms with Gasteiger partial charge in [-0.05, 0) is 54.1 Å². The first kappa shape index (κ1) is 24.1. The molecule has 0 amide bonds. The standard InChI is InChI=1S/C27H24N2O8S/c1-33-20-3-5-21(6-4-20)38(31,32)29(14-17-2-7-23-24(10-17)37-16-36-23)15-19-11-18-12-25-26(35-9-8-34-25)13-22(18)28-27(19)30/h2-7,10-13H,8-9,14-16H2,1H3,(H,28,30). The summed E-state index contributed by atoms with van der Waals surface area (Å²) in [7, 11) is -2.50. The molecule has 196 valence electrons. The van der Waals surface area contributed by atoms with E-state index in [1.807, 2.05) is 0 Å². The molecule has 0 aliphatic carbocycles. The molecule has 0 atom stereocenters. The Labute approximate surface area is 218 Å². The predicted molar refractivity (Wildman–Crippen MR) is 138 cm³/mol. The van der Waals surface area contributed by atoms with Crippen molar-refractivity contribution in [3.8, 4) is 28.7 Å². The molecule has 0 radical (unpaired) electrons. The molecule has 1 N–H and O–H groups in total. The number of aromatic nitrogens is 1. The molecule has 0 unspecified atom stereocenters. The lowest BCUT2D eigenvalue weighted by Gasteiger charge is -2.23. The fraction of sp³-hybridized carbons (Fsp3) is 0.222. The third kappa shape index (κ3) is 4.50. The number of H-pyrrole nitrogens is 1. The second kappa shape index (κ2) is 9.58. The van der Waals surface area contributed by atoms with Crippen molar-refractivity contribution in [1.82, 2.24) is 9.29 Å². The SMILES string of the molecule is COc1ccc(S(=O)(=O)N(Cc2ccc3c(c2)OCO3)Cc2cc3cc4c(cc3[nH]c2=O)OCCO4)cc1. The first-order valence-electron chi connectivity index (χ1n) is 11.9. The van der Waals surface area contributed by atoms with Crippen LogP contribution in [0, 0.1) is 0 Å². The van der Waals surface area contributed by atoms with Gasteiger partial charge in [0.1, 0.15) is 19.0 Å². The highest BCUT2D eigenvalue weighted by atomic mass is 32.2. The summed E-state index contributed by atoms with van der Waals surface area (Å²) in [4.78, 5) is 16.0. The molecule has 11 heteroatoms. The van der Waals surface area contributed by atoms with Gasteiger partial charge in [-0.3, -0.25) is 4.79 Å². The van der Waals surface area contributed by atoms with E-state index >= 15 is 0 Å². The highest BCUT2D eigenvalue weighted by molar-refractivity contribution is 7.89. The highest BCUT2D eigenvalue weighted by Gasteiger charge is 2.27. The van der Waals surface area contributed by atoms with Gasteiger partial charge >= 0.3 is 0 Å². The third-order valence-electron chi connectivity index (χ3n) is 6.42. The fourth-order valence-electron chi connectivity index (χ4n) is 4.46. The van der Waals surface area contributed by atoms with Crippen LogP contribution in [0.25, 0.3) is 10.9 Å². The number of hydrogen-bond acceptors (Lipinski definition) is 8. The van der Waals surface area contributed by atoms with Crippen LogP contribution in [0.15, 0.2) is 70.4 Å². The molecule has 3 heterocycles. The summed E-state index contributed by atoms with van der Waals surface area (Å²) in [5.41, 5.74) is 1.15. The minimum Gasteiger partial charge on any atom is -0.497 e. The topological polar surface area (TPSA) is 116 Å². The first-order chi connectivity index (χ1) is 18.4. The van der Waals surface area contributed by atoms with Crippen LogP contribution < -0.4 is 29.2 Å². The average Bonchev–Trinajstić information content (AvgIpc) is 3.40. The first-order valence-corrected chi connectivity index (χ1v) is 13.3. The molecule has 38 heavy (non-hydrogen) atoms. The summed E-state index contributed by atoms with van der Waals surface area (Å²) in [6.45, 7) is 0.806. The monoisotopic (exact) mass is 536 g/mol. The van der Waals surface area contributed by atoms with Crippen LogP contribution in [0.1, 0.15) is 11.1 Å². The Kier molecular flexibility index (Phi) is 6.09. The molecule has 10 nitrogen and oxygen atoms in total. The molecule has 4 aromatic rings. The number of ether oxygens (including phenoxy) is 5. The van der Waals surface area contributed by atoms with Crippen LogP contribution in [-0.4, -0.2) is 44.8 Å². The Balaban J connectivity index is 1.39. The number of methoxy groups -OCH3 is 1. The second-order valence-electron chi connectivity index (χ2n) is 8.84. The summed E-state index contributed by atoms with van der Waals surface area (Å²) in [5.74, 6) is 2.80. The molecule has 0 saturated carbocycles. The lowest BCUT2D eigenvalue weighted by Crippen LogP contribution is -2.32. The van der Waals surface area contributed by atoms with Crippen LogP contribution >= 0.6 is 0 Å². The Morgan fingerprint density at radius 1 is 0.842 bits per heavy atom. The molecule has 1 aromatic heterocycles. The molecule has 0 spiro atoms. The summed E-state index contributed by atoms with van der Waals surface area (Å²) in [6, 6.07) is 16.6. The van der Waals surface area contributed by atoms with Crippen molar-refractivity contribution in [3.63, 3.8) is 0 Å². The molecule has 2 aliphatic heterocycles. The van der Waals surface area contributed by atoms with Gasteiger partial charge in [-0.15, -0.1) is 0 Å². The highest BCUT2D eigenvalue weighted by Crippen LogP contribution is 2.35. The molecule has 2 aliphatic rings. The molecular weight excluding hydrogens is 512 g/mol. The number of sulfonamides is 1. The van der Waals surface area contributed by atoms with Gasteiger partial charge in [0.2, 0.25) is 16.8 Å². The van der Waals surface area contributed by atoms with Crippen LogP contribution in [0.4, 0.5) is 0 Å². The number of hydrogen-bond donors (Lipinski definition) is 1. The van der Waals surface area contributed by atoms with Crippen LogP contribution in [0.3, 0.4) is 0 Å². The van der Waals surface area contributed by atoms with Gasteiger partial charge in [0.05, 0.1) is 17.5 Å². The zero-order chi connectivity index (χ0) is 26.3. The zero-order valence-electron chi connectivity index (χ0n) is 20.4. The van der Waals surface area contributed by atoms with Crippen LogP contribution in [-0.2, 0) is 23.1 Å². The number of rotatable bonds is 7. The molecule has 0 bridgehead atoms. The Morgan fingerprint density at radius 3 is 2.32 bits per heavy atom. The minimum atomic E-state index is -4.01. The largest absolute Gasteiger partial charge is 0.497 e. The number of nitrogens with one attached hydrogen (secondary N) is 1. The van der Waals surface area contributed by atoms with Gasteiger partial charge < -0.3 is 28.7 Å². The smallest absolute Gasteiger partial charge is 0.252 e. The fourth-order valence-corrected chi connectivity index (χ4v) is 5.87. The summed E-state index contributed by atoms with van der Waals surface area (Å²) in [5, 5.41) is 0.703. The summed E-state index contributed by atoms with van der Waals surface area (Å²) in [6.07, 6.45) is 0. The van der Waals surface area contributed by atoms with Crippen LogP contribution in [0.2, 0.25) is 0 Å². The van der Waals surface area contributed by atoms with Crippen molar-refractivity contribution in [2.24, 2.45) is 0 Å². The normalized spacial score (nSPS) is 14.2.